The van der Waals surface area contributed by atoms with Crippen LogP contribution in [0.5, 0.6) is 11.5 Å². The second-order valence-corrected chi connectivity index (χ2v) is 8.86. The molecular weight excluding hydrogens is 428 g/mol. The largest absolute Gasteiger partial charge is 0.495 e. The van der Waals surface area contributed by atoms with E-state index in [1.54, 1.807) is 60.7 Å². The Morgan fingerprint density at radius 3 is 2.25 bits per heavy atom. The standard InChI is InChI=1S/C24H26N2O5S/c1-4-31-20-13-11-19(12-14-20)25-24(27)17-26(22-7-5-6-8-23(22)30-3)32(28,29)21-15-9-18(2)10-16-21/h5-16H,4,17H2,1-3H3,(H,25,27). The Kier molecular flexibility index (Phi) is 7.37. The zero-order chi connectivity index (χ0) is 23.1. The summed E-state index contributed by atoms with van der Waals surface area (Å²) in [6.07, 6.45) is 0. The number of amides is 1. The number of sulfonamides is 1. The van der Waals surface area contributed by atoms with Gasteiger partial charge in [-0.3, -0.25) is 9.10 Å². The van der Waals surface area contributed by atoms with Crippen LogP contribution < -0.4 is 19.1 Å². The second-order valence-electron chi connectivity index (χ2n) is 7.00. The van der Waals surface area contributed by atoms with Crippen molar-refractivity contribution in [2.24, 2.45) is 0 Å². The molecule has 3 aromatic rings. The van der Waals surface area contributed by atoms with Crippen LogP contribution in [0.3, 0.4) is 0 Å². The molecule has 8 heteroatoms. The van der Waals surface area contributed by atoms with E-state index in [1.165, 1.54) is 19.2 Å². The van der Waals surface area contributed by atoms with E-state index >= 15 is 0 Å². The lowest BCUT2D eigenvalue weighted by Crippen LogP contribution is -2.38. The third-order valence-electron chi connectivity index (χ3n) is 4.70. The minimum Gasteiger partial charge on any atom is -0.495 e. The lowest BCUT2D eigenvalue weighted by molar-refractivity contribution is -0.114. The van der Waals surface area contributed by atoms with Gasteiger partial charge in [-0.15, -0.1) is 0 Å². The van der Waals surface area contributed by atoms with Crippen molar-refractivity contribution in [1.29, 1.82) is 0 Å². The van der Waals surface area contributed by atoms with Crippen LogP contribution in [0, 0.1) is 6.92 Å². The lowest BCUT2D eigenvalue weighted by Gasteiger charge is -2.25. The van der Waals surface area contributed by atoms with E-state index in [-0.39, 0.29) is 10.6 Å². The monoisotopic (exact) mass is 454 g/mol. The van der Waals surface area contributed by atoms with Gasteiger partial charge in [0.1, 0.15) is 18.0 Å². The van der Waals surface area contributed by atoms with Crippen molar-refractivity contribution in [1.82, 2.24) is 0 Å². The zero-order valence-corrected chi connectivity index (χ0v) is 19.1. The van der Waals surface area contributed by atoms with Gasteiger partial charge in [0.25, 0.3) is 10.0 Å². The van der Waals surface area contributed by atoms with Gasteiger partial charge in [-0.05, 0) is 62.4 Å². The summed E-state index contributed by atoms with van der Waals surface area (Å²) in [6.45, 7) is 3.87. The van der Waals surface area contributed by atoms with Crippen LogP contribution in [0.4, 0.5) is 11.4 Å². The van der Waals surface area contributed by atoms with E-state index in [4.69, 9.17) is 9.47 Å². The van der Waals surface area contributed by atoms with Crippen molar-refractivity contribution < 1.29 is 22.7 Å². The van der Waals surface area contributed by atoms with Crippen molar-refractivity contribution in [2.75, 3.05) is 29.9 Å². The Hall–Kier alpha value is -3.52. The Balaban J connectivity index is 1.92. The summed E-state index contributed by atoms with van der Waals surface area (Å²) in [4.78, 5) is 12.9. The lowest BCUT2D eigenvalue weighted by atomic mass is 10.2. The average molecular weight is 455 g/mol. The molecule has 0 fully saturated rings. The third-order valence-corrected chi connectivity index (χ3v) is 6.47. The molecule has 32 heavy (non-hydrogen) atoms. The van der Waals surface area contributed by atoms with Gasteiger partial charge in [-0.2, -0.15) is 0 Å². The molecule has 1 N–H and O–H groups in total. The van der Waals surface area contributed by atoms with E-state index in [0.717, 1.165) is 9.87 Å². The van der Waals surface area contributed by atoms with Crippen LogP contribution in [0.25, 0.3) is 0 Å². The minimum absolute atomic E-state index is 0.0860. The number of methoxy groups -OCH3 is 1. The molecule has 0 aliphatic rings. The highest BCUT2D eigenvalue weighted by atomic mass is 32.2. The fraction of sp³-hybridized carbons (Fsp3) is 0.208. The van der Waals surface area contributed by atoms with E-state index < -0.39 is 22.5 Å². The molecule has 0 saturated heterocycles. The van der Waals surface area contributed by atoms with Crippen LogP contribution in [0.1, 0.15) is 12.5 Å². The number of nitrogens with zero attached hydrogens (tertiary/aromatic N) is 1. The van der Waals surface area contributed by atoms with Gasteiger partial charge < -0.3 is 14.8 Å². The Bertz CT molecular complexity index is 1160. The van der Waals surface area contributed by atoms with Crippen LogP contribution in [-0.4, -0.2) is 34.6 Å². The maximum atomic E-state index is 13.5. The van der Waals surface area contributed by atoms with E-state index in [1.807, 2.05) is 13.8 Å². The average Bonchev–Trinajstić information content (AvgIpc) is 2.79. The van der Waals surface area contributed by atoms with E-state index in [2.05, 4.69) is 5.32 Å². The van der Waals surface area contributed by atoms with Gasteiger partial charge in [0.2, 0.25) is 5.91 Å². The molecule has 0 heterocycles. The van der Waals surface area contributed by atoms with Crippen molar-refractivity contribution in [3.63, 3.8) is 0 Å². The number of anilines is 2. The number of ether oxygens (including phenoxy) is 2. The van der Waals surface area contributed by atoms with Gasteiger partial charge in [0.15, 0.2) is 0 Å². The number of benzene rings is 3. The maximum absolute atomic E-state index is 13.5. The molecule has 3 aromatic carbocycles. The van der Waals surface area contributed by atoms with Crippen molar-refractivity contribution in [3.8, 4) is 11.5 Å². The predicted octanol–water partition coefficient (Wildman–Crippen LogP) is 4.24. The van der Waals surface area contributed by atoms with Crippen molar-refractivity contribution in [3.05, 3.63) is 78.4 Å². The number of hydrogen-bond donors (Lipinski definition) is 1. The van der Waals surface area contributed by atoms with Crippen LogP contribution in [0.15, 0.2) is 77.7 Å². The van der Waals surface area contributed by atoms with Crippen molar-refractivity contribution >= 4 is 27.3 Å². The number of para-hydroxylation sites is 2. The molecule has 1 amide bonds. The van der Waals surface area contributed by atoms with Crippen LogP contribution in [0.2, 0.25) is 0 Å². The number of nitrogens with one attached hydrogen (secondary N) is 1. The van der Waals surface area contributed by atoms with Gasteiger partial charge in [-0.1, -0.05) is 29.8 Å². The Morgan fingerprint density at radius 2 is 1.62 bits per heavy atom. The highest BCUT2D eigenvalue weighted by Gasteiger charge is 2.29. The number of carbonyl (C=O) groups excluding carboxylic acids is 1. The van der Waals surface area contributed by atoms with Gasteiger partial charge in [-0.25, -0.2) is 8.42 Å². The van der Waals surface area contributed by atoms with E-state index in [0.29, 0.717) is 23.8 Å². The number of hydrogen-bond acceptors (Lipinski definition) is 5. The molecule has 0 saturated carbocycles. The first-order valence-corrected chi connectivity index (χ1v) is 11.5. The number of carbonyl (C=O) groups is 1. The molecule has 0 unspecified atom stereocenters. The quantitative estimate of drug-likeness (QED) is 0.523. The maximum Gasteiger partial charge on any atom is 0.264 e. The SMILES string of the molecule is CCOc1ccc(NC(=O)CN(c2ccccc2OC)S(=O)(=O)c2ccc(C)cc2)cc1. The van der Waals surface area contributed by atoms with Crippen LogP contribution in [-0.2, 0) is 14.8 Å². The minimum atomic E-state index is -4.03. The highest BCUT2D eigenvalue weighted by molar-refractivity contribution is 7.92. The summed E-state index contributed by atoms with van der Waals surface area (Å²) >= 11 is 0. The van der Waals surface area contributed by atoms with Gasteiger partial charge in [0, 0.05) is 5.69 Å². The first-order valence-electron chi connectivity index (χ1n) is 10.1. The van der Waals surface area contributed by atoms with Crippen molar-refractivity contribution in [2.45, 2.75) is 18.7 Å². The number of aryl methyl sites for hydroxylation is 1. The molecule has 0 bridgehead atoms. The molecule has 7 nitrogen and oxygen atoms in total. The molecule has 0 radical (unpaired) electrons. The first-order chi connectivity index (χ1) is 15.3. The summed E-state index contributed by atoms with van der Waals surface area (Å²) in [7, 11) is -2.58. The third kappa shape index (κ3) is 5.39. The summed E-state index contributed by atoms with van der Waals surface area (Å²) in [5, 5.41) is 2.74. The van der Waals surface area contributed by atoms with Crippen LogP contribution >= 0.6 is 0 Å². The molecule has 0 aliphatic heterocycles. The topological polar surface area (TPSA) is 84.9 Å². The smallest absolute Gasteiger partial charge is 0.264 e. The predicted molar refractivity (Wildman–Crippen MR) is 125 cm³/mol. The molecule has 3 rings (SSSR count). The molecule has 0 spiro atoms. The Labute approximate surface area is 188 Å². The van der Waals surface area contributed by atoms with Gasteiger partial charge >= 0.3 is 0 Å². The molecule has 168 valence electrons. The number of rotatable bonds is 9. The first kappa shape index (κ1) is 23.1. The molecule has 0 aliphatic carbocycles. The fourth-order valence-electron chi connectivity index (χ4n) is 3.11. The van der Waals surface area contributed by atoms with Gasteiger partial charge in [0.05, 0.1) is 24.3 Å². The second kappa shape index (κ2) is 10.2. The summed E-state index contributed by atoms with van der Waals surface area (Å²) in [6, 6.07) is 20.0. The normalized spacial score (nSPS) is 11.0. The molecule has 0 aromatic heterocycles. The molecular formula is C24H26N2O5S. The zero-order valence-electron chi connectivity index (χ0n) is 18.2. The Morgan fingerprint density at radius 1 is 0.969 bits per heavy atom. The molecule has 0 atom stereocenters. The summed E-state index contributed by atoms with van der Waals surface area (Å²) in [5.41, 5.74) is 1.74. The summed E-state index contributed by atoms with van der Waals surface area (Å²) < 4.78 is 38.8. The summed E-state index contributed by atoms with van der Waals surface area (Å²) in [5.74, 6) is 0.538. The fourth-order valence-corrected chi connectivity index (χ4v) is 4.54. The highest BCUT2D eigenvalue weighted by Crippen LogP contribution is 2.32. The van der Waals surface area contributed by atoms with E-state index in [9.17, 15) is 13.2 Å².